The van der Waals surface area contributed by atoms with Crippen molar-refractivity contribution in [2.45, 2.75) is 76.0 Å². The molecule has 1 aromatic carbocycles. The second-order valence-corrected chi connectivity index (χ2v) is 9.33. The van der Waals surface area contributed by atoms with E-state index in [1.165, 1.54) is 6.07 Å². The molecule has 0 unspecified atom stereocenters. The fourth-order valence-corrected chi connectivity index (χ4v) is 3.80. The highest BCUT2D eigenvalue weighted by atomic mass is 16.7. The van der Waals surface area contributed by atoms with Crippen LogP contribution in [-0.2, 0) is 9.47 Å². The van der Waals surface area contributed by atoms with Gasteiger partial charge in [0.25, 0.3) is 0 Å². The molecule has 6 atom stereocenters. The fraction of sp³-hybridized carbons (Fsp3) is 0.560. The Hall–Kier alpha value is -2.31. The van der Waals surface area contributed by atoms with Crippen LogP contribution in [0, 0.1) is 0 Å². The maximum Gasteiger partial charge on any atom is 0.336 e. The average Bonchev–Trinajstić information content (AvgIpc) is 2.80. The quantitative estimate of drug-likeness (QED) is 0.237. The van der Waals surface area contributed by atoms with Crippen molar-refractivity contribution in [3.63, 3.8) is 0 Å². The summed E-state index contributed by atoms with van der Waals surface area (Å²) in [6, 6.07) is 8.27. The van der Waals surface area contributed by atoms with Gasteiger partial charge in [0.05, 0.1) is 18.3 Å². The molecule has 10 heteroatoms. The first-order chi connectivity index (χ1) is 16.5. The van der Waals surface area contributed by atoms with E-state index in [-0.39, 0.29) is 6.61 Å². The molecule has 0 amide bonds. The summed E-state index contributed by atoms with van der Waals surface area (Å²) in [5.74, 6) is 0.552. The number of benzene rings is 1. The van der Waals surface area contributed by atoms with Gasteiger partial charge in [-0.3, -0.25) is 0 Å². The summed E-state index contributed by atoms with van der Waals surface area (Å²) in [4.78, 5) is 11.4. The van der Waals surface area contributed by atoms with Gasteiger partial charge in [0.2, 0.25) is 0 Å². The SMILES string of the molecule is CC(=CCOc1ccc2ccc(=O)oc2c1)CC[C@H](O[C@H]1O[C@H](CO)[C@@H](O)[C@H](O)[C@H]1O)C(C)(C)O. The minimum Gasteiger partial charge on any atom is -0.489 e. The van der Waals surface area contributed by atoms with E-state index in [2.05, 4.69) is 0 Å². The van der Waals surface area contributed by atoms with Crippen LogP contribution in [-0.4, -0.2) is 81.2 Å². The van der Waals surface area contributed by atoms with Gasteiger partial charge in [0.1, 0.15) is 42.4 Å². The molecule has 0 radical (unpaired) electrons. The van der Waals surface area contributed by atoms with Gasteiger partial charge in [0.15, 0.2) is 6.29 Å². The van der Waals surface area contributed by atoms with Crippen molar-refractivity contribution < 1.29 is 44.2 Å². The average molecular weight is 495 g/mol. The molecule has 1 aliphatic heterocycles. The summed E-state index contributed by atoms with van der Waals surface area (Å²) in [5, 5.41) is 50.9. The van der Waals surface area contributed by atoms with Gasteiger partial charge in [-0.25, -0.2) is 4.79 Å². The number of aliphatic hydroxyl groups excluding tert-OH is 4. The van der Waals surface area contributed by atoms with Crippen LogP contribution in [0.15, 0.2) is 51.2 Å². The number of fused-ring (bicyclic) bond motifs is 1. The molecule has 0 saturated carbocycles. The summed E-state index contributed by atoms with van der Waals surface area (Å²) < 4.78 is 22.1. The minimum absolute atomic E-state index is 0.273. The first-order valence-corrected chi connectivity index (χ1v) is 11.5. The summed E-state index contributed by atoms with van der Waals surface area (Å²) in [6.45, 7) is 4.72. The van der Waals surface area contributed by atoms with Gasteiger partial charge in [-0.1, -0.05) is 5.57 Å². The topological polar surface area (TPSA) is 159 Å². The largest absolute Gasteiger partial charge is 0.489 e. The molecule has 0 aliphatic carbocycles. The van der Waals surface area contributed by atoms with Crippen molar-refractivity contribution in [1.29, 1.82) is 0 Å². The first-order valence-electron chi connectivity index (χ1n) is 11.5. The normalized spacial score (nSPS) is 26.6. The van der Waals surface area contributed by atoms with Crippen molar-refractivity contribution >= 4 is 11.0 Å². The zero-order valence-electron chi connectivity index (χ0n) is 20.0. The van der Waals surface area contributed by atoms with Crippen LogP contribution in [0.2, 0.25) is 0 Å². The monoisotopic (exact) mass is 494 g/mol. The van der Waals surface area contributed by atoms with Gasteiger partial charge in [-0.2, -0.15) is 0 Å². The minimum atomic E-state index is -1.56. The predicted octanol–water partition coefficient (Wildman–Crippen LogP) is 0.854. The number of ether oxygens (including phenoxy) is 3. The van der Waals surface area contributed by atoms with E-state index in [1.807, 2.05) is 13.0 Å². The van der Waals surface area contributed by atoms with Gasteiger partial charge in [0, 0.05) is 17.5 Å². The molecule has 1 saturated heterocycles. The predicted molar refractivity (Wildman–Crippen MR) is 126 cm³/mol. The van der Waals surface area contributed by atoms with Crippen LogP contribution in [0.1, 0.15) is 33.6 Å². The van der Waals surface area contributed by atoms with E-state index >= 15 is 0 Å². The number of rotatable bonds is 10. The van der Waals surface area contributed by atoms with Crippen LogP contribution in [0.3, 0.4) is 0 Å². The van der Waals surface area contributed by atoms with Gasteiger partial charge in [-0.15, -0.1) is 0 Å². The molecule has 2 heterocycles. The van der Waals surface area contributed by atoms with E-state index < -0.39 is 54.6 Å². The third-order valence-corrected chi connectivity index (χ3v) is 6.01. The maximum absolute atomic E-state index is 11.4. The summed E-state index contributed by atoms with van der Waals surface area (Å²) in [6.07, 6.45) is -5.03. The lowest BCUT2D eigenvalue weighted by molar-refractivity contribution is -0.322. The lowest BCUT2D eigenvalue weighted by Crippen LogP contribution is -2.60. The molecule has 35 heavy (non-hydrogen) atoms. The Morgan fingerprint density at radius 1 is 1.14 bits per heavy atom. The molecule has 1 aliphatic rings. The van der Waals surface area contributed by atoms with Crippen LogP contribution >= 0.6 is 0 Å². The van der Waals surface area contributed by atoms with Crippen molar-refractivity contribution in [3.05, 3.63) is 52.4 Å². The van der Waals surface area contributed by atoms with Gasteiger partial charge >= 0.3 is 5.63 Å². The Kier molecular flexibility index (Phi) is 9.05. The van der Waals surface area contributed by atoms with Crippen molar-refractivity contribution in [3.8, 4) is 5.75 Å². The maximum atomic E-state index is 11.4. The third kappa shape index (κ3) is 7.11. The molecule has 2 aromatic rings. The highest BCUT2D eigenvalue weighted by molar-refractivity contribution is 5.77. The number of aliphatic hydroxyl groups is 5. The van der Waals surface area contributed by atoms with Crippen molar-refractivity contribution in [2.24, 2.45) is 0 Å². The van der Waals surface area contributed by atoms with E-state index in [4.69, 9.17) is 18.6 Å². The molecule has 0 bridgehead atoms. The smallest absolute Gasteiger partial charge is 0.336 e. The van der Waals surface area contributed by atoms with Crippen molar-refractivity contribution in [2.75, 3.05) is 13.2 Å². The van der Waals surface area contributed by atoms with E-state index in [1.54, 1.807) is 38.1 Å². The first kappa shape index (κ1) is 27.3. The Bertz CT molecular complexity index is 1050. The zero-order chi connectivity index (χ0) is 25.8. The van der Waals surface area contributed by atoms with Crippen LogP contribution in [0.5, 0.6) is 5.75 Å². The Morgan fingerprint density at radius 3 is 2.54 bits per heavy atom. The molecular weight excluding hydrogens is 460 g/mol. The highest BCUT2D eigenvalue weighted by Crippen LogP contribution is 2.28. The molecule has 10 nitrogen and oxygen atoms in total. The van der Waals surface area contributed by atoms with E-state index in [0.717, 1.165) is 11.0 Å². The lowest BCUT2D eigenvalue weighted by Gasteiger charge is -2.42. The molecule has 0 spiro atoms. The molecule has 1 aromatic heterocycles. The van der Waals surface area contributed by atoms with E-state index in [9.17, 15) is 30.3 Å². The van der Waals surface area contributed by atoms with E-state index in [0.29, 0.717) is 24.2 Å². The fourth-order valence-electron chi connectivity index (χ4n) is 3.80. The highest BCUT2D eigenvalue weighted by Gasteiger charge is 2.46. The number of allylic oxidation sites excluding steroid dienone is 1. The standard InChI is InChI=1S/C25H34O10/c1-14(10-11-32-16-7-5-15-6-9-20(27)33-17(15)12-16)4-8-19(25(2,3)31)35-24-23(30)22(29)21(28)18(13-26)34-24/h5-7,9-10,12,18-19,21-24,26,28-31H,4,8,11,13H2,1-3H3/t18-,19+,21-,22+,23-,24-/m1/s1. The Labute approximate surface area is 203 Å². The third-order valence-electron chi connectivity index (χ3n) is 6.01. The second-order valence-electron chi connectivity index (χ2n) is 9.33. The summed E-state index contributed by atoms with van der Waals surface area (Å²) in [5.41, 5.74) is -0.333. The van der Waals surface area contributed by atoms with Gasteiger partial charge < -0.3 is 44.2 Å². The zero-order valence-corrected chi connectivity index (χ0v) is 20.0. The number of hydrogen-bond donors (Lipinski definition) is 5. The molecule has 3 rings (SSSR count). The van der Waals surface area contributed by atoms with Crippen LogP contribution < -0.4 is 10.4 Å². The lowest BCUT2D eigenvalue weighted by atomic mass is 9.94. The number of hydrogen-bond acceptors (Lipinski definition) is 10. The summed E-state index contributed by atoms with van der Waals surface area (Å²) >= 11 is 0. The summed E-state index contributed by atoms with van der Waals surface area (Å²) in [7, 11) is 0. The van der Waals surface area contributed by atoms with Crippen LogP contribution in [0.25, 0.3) is 11.0 Å². The molecule has 5 N–H and O–H groups in total. The second kappa shape index (κ2) is 11.6. The molecule has 194 valence electrons. The van der Waals surface area contributed by atoms with Crippen molar-refractivity contribution in [1.82, 2.24) is 0 Å². The molecular formula is C25H34O10. The Morgan fingerprint density at radius 2 is 1.86 bits per heavy atom. The van der Waals surface area contributed by atoms with Crippen LogP contribution in [0.4, 0.5) is 0 Å². The van der Waals surface area contributed by atoms with Gasteiger partial charge in [-0.05, 0) is 57.9 Å². The molecule has 1 fully saturated rings. The Balaban J connectivity index is 1.57.